The summed E-state index contributed by atoms with van der Waals surface area (Å²) >= 11 is 0. The first-order valence-corrected chi connectivity index (χ1v) is 6.09. The molecule has 0 aromatic carbocycles. The summed E-state index contributed by atoms with van der Waals surface area (Å²) < 4.78 is 0. The van der Waals surface area contributed by atoms with Crippen LogP contribution in [0, 0.1) is 5.41 Å². The van der Waals surface area contributed by atoms with E-state index in [2.05, 4.69) is 6.92 Å². The molecule has 0 heterocycles. The van der Waals surface area contributed by atoms with E-state index in [0.29, 0.717) is 12.8 Å². The van der Waals surface area contributed by atoms with Crippen LogP contribution in [0.5, 0.6) is 0 Å². The molecule has 1 aliphatic rings. The standard InChI is InChI=1S/C13H20O3/c1-3-4-5-8-13(10(2)14)9-11(15)6-7-12(13)16/h3-9H2,1-2H3. The van der Waals surface area contributed by atoms with Crippen molar-refractivity contribution in [1.82, 2.24) is 0 Å². The van der Waals surface area contributed by atoms with Crippen molar-refractivity contribution >= 4 is 17.3 Å². The van der Waals surface area contributed by atoms with Crippen molar-refractivity contribution in [2.45, 2.75) is 58.8 Å². The fraction of sp³-hybridized carbons (Fsp3) is 0.769. The van der Waals surface area contributed by atoms with E-state index in [1.54, 1.807) is 0 Å². The third kappa shape index (κ3) is 2.57. The van der Waals surface area contributed by atoms with Crippen LogP contribution in [-0.2, 0) is 14.4 Å². The van der Waals surface area contributed by atoms with Crippen molar-refractivity contribution in [2.24, 2.45) is 5.41 Å². The molecule has 0 aromatic heterocycles. The Kier molecular flexibility index (Phi) is 4.39. The van der Waals surface area contributed by atoms with Gasteiger partial charge in [-0.25, -0.2) is 0 Å². The van der Waals surface area contributed by atoms with E-state index < -0.39 is 5.41 Å². The molecule has 16 heavy (non-hydrogen) atoms. The molecule has 1 fully saturated rings. The van der Waals surface area contributed by atoms with Gasteiger partial charge in [-0.15, -0.1) is 0 Å². The summed E-state index contributed by atoms with van der Waals surface area (Å²) in [5.74, 6) is -0.0799. The van der Waals surface area contributed by atoms with Gasteiger partial charge in [0.2, 0.25) is 0 Å². The highest BCUT2D eigenvalue weighted by Gasteiger charge is 2.46. The molecule has 3 heteroatoms. The maximum atomic E-state index is 11.9. The Hall–Kier alpha value is -0.990. The number of Topliss-reactive ketones (excluding diaryl/α,β-unsaturated/α-hetero) is 3. The molecule has 1 aliphatic carbocycles. The molecular weight excluding hydrogens is 204 g/mol. The highest BCUT2D eigenvalue weighted by Crippen LogP contribution is 2.37. The minimum atomic E-state index is -0.968. The molecule has 0 N–H and O–H groups in total. The molecule has 1 saturated carbocycles. The van der Waals surface area contributed by atoms with Gasteiger partial charge in [0.15, 0.2) is 0 Å². The smallest absolute Gasteiger partial charge is 0.147 e. The highest BCUT2D eigenvalue weighted by atomic mass is 16.2. The van der Waals surface area contributed by atoms with E-state index in [0.717, 1.165) is 19.3 Å². The zero-order chi connectivity index (χ0) is 12.2. The second-order valence-corrected chi connectivity index (χ2v) is 4.73. The van der Waals surface area contributed by atoms with Gasteiger partial charge in [0.25, 0.3) is 0 Å². The molecule has 0 aromatic rings. The number of hydrogen-bond donors (Lipinski definition) is 0. The topological polar surface area (TPSA) is 51.2 Å². The van der Waals surface area contributed by atoms with E-state index in [-0.39, 0.29) is 30.2 Å². The lowest BCUT2D eigenvalue weighted by molar-refractivity contribution is -0.147. The lowest BCUT2D eigenvalue weighted by Gasteiger charge is -2.32. The first kappa shape index (κ1) is 13.1. The Morgan fingerprint density at radius 2 is 1.94 bits per heavy atom. The fourth-order valence-electron chi connectivity index (χ4n) is 2.42. The van der Waals surface area contributed by atoms with Crippen LogP contribution in [0.4, 0.5) is 0 Å². The van der Waals surface area contributed by atoms with Gasteiger partial charge >= 0.3 is 0 Å². The Labute approximate surface area is 96.6 Å². The van der Waals surface area contributed by atoms with Gasteiger partial charge in [-0.05, 0) is 13.3 Å². The van der Waals surface area contributed by atoms with Crippen molar-refractivity contribution in [3.8, 4) is 0 Å². The Balaban J connectivity index is 2.80. The molecule has 0 radical (unpaired) electrons. The molecule has 0 spiro atoms. The van der Waals surface area contributed by atoms with Crippen LogP contribution < -0.4 is 0 Å². The van der Waals surface area contributed by atoms with E-state index in [9.17, 15) is 14.4 Å². The molecule has 1 unspecified atom stereocenters. The van der Waals surface area contributed by atoms with E-state index in [1.165, 1.54) is 6.92 Å². The average molecular weight is 224 g/mol. The first-order valence-electron chi connectivity index (χ1n) is 6.09. The minimum absolute atomic E-state index is 0.0179. The zero-order valence-electron chi connectivity index (χ0n) is 10.2. The predicted octanol–water partition coefficient (Wildman–Crippen LogP) is 2.46. The molecular formula is C13H20O3. The van der Waals surface area contributed by atoms with Gasteiger partial charge in [0, 0.05) is 19.3 Å². The normalized spacial score (nSPS) is 25.9. The molecule has 0 saturated heterocycles. The van der Waals surface area contributed by atoms with Gasteiger partial charge in [-0.2, -0.15) is 0 Å². The van der Waals surface area contributed by atoms with E-state index >= 15 is 0 Å². The molecule has 0 aliphatic heterocycles. The van der Waals surface area contributed by atoms with Crippen molar-refractivity contribution in [3.63, 3.8) is 0 Å². The zero-order valence-corrected chi connectivity index (χ0v) is 10.2. The van der Waals surface area contributed by atoms with Crippen molar-refractivity contribution in [2.75, 3.05) is 0 Å². The molecule has 1 rings (SSSR count). The van der Waals surface area contributed by atoms with Crippen LogP contribution in [0.15, 0.2) is 0 Å². The summed E-state index contributed by atoms with van der Waals surface area (Å²) in [6.45, 7) is 3.52. The predicted molar refractivity (Wildman–Crippen MR) is 61.1 cm³/mol. The summed E-state index contributed by atoms with van der Waals surface area (Å²) in [5, 5.41) is 0. The third-order valence-corrected chi connectivity index (χ3v) is 3.54. The molecule has 90 valence electrons. The van der Waals surface area contributed by atoms with Crippen LogP contribution in [-0.4, -0.2) is 17.3 Å². The lowest BCUT2D eigenvalue weighted by atomic mass is 9.67. The lowest BCUT2D eigenvalue weighted by Crippen LogP contribution is -2.43. The van der Waals surface area contributed by atoms with E-state index in [4.69, 9.17) is 0 Å². The number of ketones is 3. The second kappa shape index (κ2) is 5.37. The van der Waals surface area contributed by atoms with Crippen LogP contribution in [0.25, 0.3) is 0 Å². The summed E-state index contributed by atoms with van der Waals surface area (Å²) in [4.78, 5) is 35.1. The van der Waals surface area contributed by atoms with Gasteiger partial charge in [-0.1, -0.05) is 26.2 Å². The quantitative estimate of drug-likeness (QED) is 0.532. The number of carbonyl (C=O) groups excluding carboxylic acids is 3. The first-order chi connectivity index (χ1) is 7.53. The third-order valence-electron chi connectivity index (χ3n) is 3.54. The summed E-state index contributed by atoms with van der Waals surface area (Å²) in [5.41, 5.74) is -0.968. The minimum Gasteiger partial charge on any atom is -0.300 e. The van der Waals surface area contributed by atoms with E-state index in [1.807, 2.05) is 0 Å². The number of unbranched alkanes of at least 4 members (excludes halogenated alkanes) is 2. The number of hydrogen-bond acceptors (Lipinski definition) is 3. The van der Waals surface area contributed by atoms with Gasteiger partial charge in [0.05, 0.1) is 5.41 Å². The second-order valence-electron chi connectivity index (χ2n) is 4.73. The maximum Gasteiger partial charge on any atom is 0.147 e. The van der Waals surface area contributed by atoms with Gasteiger partial charge < -0.3 is 0 Å². The molecule has 0 bridgehead atoms. The summed E-state index contributed by atoms with van der Waals surface area (Å²) in [6.07, 6.45) is 4.19. The van der Waals surface area contributed by atoms with Gasteiger partial charge in [-0.3, -0.25) is 14.4 Å². The van der Waals surface area contributed by atoms with Gasteiger partial charge in [0.1, 0.15) is 17.3 Å². The summed E-state index contributed by atoms with van der Waals surface area (Å²) in [6, 6.07) is 0. The Morgan fingerprint density at radius 1 is 1.25 bits per heavy atom. The maximum absolute atomic E-state index is 11.9. The molecule has 1 atom stereocenters. The fourth-order valence-corrected chi connectivity index (χ4v) is 2.42. The number of carbonyl (C=O) groups is 3. The summed E-state index contributed by atoms with van der Waals surface area (Å²) in [7, 11) is 0. The SMILES string of the molecule is CCCCCC1(C(C)=O)CC(=O)CCC1=O. The van der Waals surface area contributed by atoms with Crippen LogP contribution >= 0.6 is 0 Å². The highest BCUT2D eigenvalue weighted by molar-refractivity contribution is 6.11. The monoisotopic (exact) mass is 224 g/mol. The molecule has 0 amide bonds. The van der Waals surface area contributed by atoms with Crippen molar-refractivity contribution in [1.29, 1.82) is 0 Å². The van der Waals surface area contributed by atoms with Crippen LogP contribution in [0.2, 0.25) is 0 Å². The average Bonchev–Trinajstić information content (AvgIpc) is 2.23. The van der Waals surface area contributed by atoms with Crippen molar-refractivity contribution < 1.29 is 14.4 Å². The Bertz CT molecular complexity index is 306. The van der Waals surface area contributed by atoms with Crippen LogP contribution in [0.1, 0.15) is 58.8 Å². The Morgan fingerprint density at radius 3 is 2.50 bits per heavy atom. The van der Waals surface area contributed by atoms with Crippen LogP contribution in [0.3, 0.4) is 0 Å². The molecule has 3 nitrogen and oxygen atoms in total. The van der Waals surface area contributed by atoms with Crippen molar-refractivity contribution in [3.05, 3.63) is 0 Å². The number of rotatable bonds is 5. The largest absolute Gasteiger partial charge is 0.300 e.